The van der Waals surface area contributed by atoms with Crippen LogP contribution in [-0.2, 0) is 9.47 Å². The first kappa shape index (κ1) is 20.6. The zero-order chi connectivity index (χ0) is 22.1. The summed E-state index contributed by atoms with van der Waals surface area (Å²) in [5, 5.41) is 0. The third kappa shape index (κ3) is 3.84. The van der Waals surface area contributed by atoms with Crippen LogP contribution in [0.15, 0.2) is 24.8 Å². The van der Waals surface area contributed by atoms with Crippen molar-refractivity contribution in [2.24, 2.45) is 0 Å². The standard InChI is InChI=1S/C21H26N8O3/c1-26-5-7-27(8-6-26)16-13-15(20(30)31-2)23-18-17(16)24-21(29-4-3-22-14-29)25-19(18)28-9-11-32-12-10-28/h3-4,13-14H,5-12H2,1-2H3. The van der Waals surface area contributed by atoms with E-state index in [0.717, 1.165) is 31.9 Å². The van der Waals surface area contributed by atoms with Crippen molar-refractivity contribution in [3.8, 4) is 5.95 Å². The first-order valence-corrected chi connectivity index (χ1v) is 10.7. The molecule has 3 aromatic rings. The quantitative estimate of drug-likeness (QED) is 0.538. The average Bonchev–Trinajstić information content (AvgIpc) is 3.38. The Balaban J connectivity index is 1.74. The van der Waals surface area contributed by atoms with Gasteiger partial charge in [-0.15, -0.1) is 0 Å². The summed E-state index contributed by atoms with van der Waals surface area (Å²) in [6.07, 6.45) is 5.19. The van der Waals surface area contributed by atoms with Gasteiger partial charge in [0, 0.05) is 51.7 Å². The molecule has 0 aliphatic carbocycles. The van der Waals surface area contributed by atoms with Gasteiger partial charge >= 0.3 is 5.97 Å². The Hall–Kier alpha value is -3.31. The minimum Gasteiger partial charge on any atom is -0.464 e. The SMILES string of the molecule is COC(=O)c1cc(N2CCN(C)CC2)c2nc(-n3ccnc3)nc(N3CCOCC3)c2n1. The molecule has 5 rings (SSSR count). The molecule has 0 unspecified atom stereocenters. The van der Waals surface area contributed by atoms with Gasteiger partial charge < -0.3 is 24.2 Å². The third-order valence-corrected chi connectivity index (χ3v) is 5.89. The molecule has 0 spiro atoms. The molecular formula is C21H26N8O3. The molecule has 0 amide bonds. The molecule has 5 heterocycles. The highest BCUT2D eigenvalue weighted by molar-refractivity contribution is 6.00. The molecule has 0 aromatic carbocycles. The maximum Gasteiger partial charge on any atom is 0.356 e. The summed E-state index contributed by atoms with van der Waals surface area (Å²) in [7, 11) is 3.48. The topological polar surface area (TPSA) is 102 Å². The lowest BCUT2D eigenvalue weighted by Gasteiger charge is -2.35. The molecule has 32 heavy (non-hydrogen) atoms. The number of imidazole rings is 1. The highest BCUT2D eigenvalue weighted by atomic mass is 16.5. The molecule has 2 aliphatic rings. The van der Waals surface area contributed by atoms with Gasteiger partial charge in [-0.2, -0.15) is 4.98 Å². The van der Waals surface area contributed by atoms with Gasteiger partial charge in [0.05, 0.1) is 26.0 Å². The normalized spacial score (nSPS) is 17.7. The van der Waals surface area contributed by atoms with E-state index < -0.39 is 5.97 Å². The largest absolute Gasteiger partial charge is 0.464 e. The van der Waals surface area contributed by atoms with Crippen LogP contribution in [-0.4, -0.2) is 102 Å². The van der Waals surface area contributed by atoms with E-state index in [1.807, 2.05) is 6.20 Å². The first-order chi connectivity index (χ1) is 15.6. The van der Waals surface area contributed by atoms with E-state index in [9.17, 15) is 4.79 Å². The number of esters is 1. The molecule has 3 aromatic heterocycles. The molecule has 0 radical (unpaired) electrons. The summed E-state index contributed by atoms with van der Waals surface area (Å²) >= 11 is 0. The molecule has 11 nitrogen and oxygen atoms in total. The van der Waals surface area contributed by atoms with Gasteiger partial charge in [-0.3, -0.25) is 4.57 Å². The van der Waals surface area contributed by atoms with E-state index in [1.165, 1.54) is 7.11 Å². The van der Waals surface area contributed by atoms with Crippen molar-refractivity contribution >= 4 is 28.5 Å². The summed E-state index contributed by atoms with van der Waals surface area (Å²) in [5.41, 5.74) is 2.42. The van der Waals surface area contributed by atoms with Crippen molar-refractivity contribution in [2.45, 2.75) is 0 Å². The second kappa shape index (κ2) is 8.67. The minimum absolute atomic E-state index is 0.252. The highest BCUT2D eigenvalue weighted by Gasteiger charge is 2.26. The zero-order valence-electron chi connectivity index (χ0n) is 18.3. The van der Waals surface area contributed by atoms with Crippen LogP contribution in [0.25, 0.3) is 17.0 Å². The maximum atomic E-state index is 12.5. The molecule has 0 N–H and O–H groups in total. The third-order valence-electron chi connectivity index (χ3n) is 5.89. The van der Waals surface area contributed by atoms with Gasteiger partial charge in [0.15, 0.2) is 11.5 Å². The van der Waals surface area contributed by atoms with Crippen LogP contribution in [0.5, 0.6) is 0 Å². The summed E-state index contributed by atoms with van der Waals surface area (Å²) in [5.74, 6) is 0.719. The Bertz CT molecular complexity index is 1110. The van der Waals surface area contributed by atoms with Gasteiger partial charge in [0.2, 0.25) is 5.95 Å². The Morgan fingerprint density at radius 1 is 1.00 bits per heavy atom. The van der Waals surface area contributed by atoms with Crippen LogP contribution in [0.2, 0.25) is 0 Å². The number of morpholine rings is 1. The molecule has 0 saturated carbocycles. The number of aromatic nitrogens is 5. The Morgan fingerprint density at radius 3 is 2.47 bits per heavy atom. The van der Waals surface area contributed by atoms with E-state index in [1.54, 1.807) is 23.2 Å². The van der Waals surface area contributed by atoms with Crippen LogP contribution in [0, 0.1) is 0 Å². The highest BCUT2D eigenvalue weighted by Crippen LogP contribution is 2.32. The molecule has 2 fully saturated rings. The van der Waals surface area contributed by atoms with E-state index in [4.69, 9.17) is 19.4 Å². The van der Waals surface area contributed by atoms with Gasteiger partial charge in [-0.25, -0.2) is 19.7 Å². The summed E-state index contributed by atoms with van der Waals surface area (Å²) in [6.45, 7) is 6.08. The van der Waals surface area contributed by atoms with Crippen LogP contribution < -0.4 is 9.80 Å². The van der Waals surface area contributed by atoms with Gasteiger partial charge in [-0.1, -0.05) is 0 Å². The number of carbonyl (C=O) groups is 1. The predicted octanol–water partition coefficient (Wildman–Crippen LogP) is 0.586. The van der Waals surface area contributed by atoms with Crippen LogP contribution in [0.3, 0.4) is 0 Å². The summed E-state index contributed by atoms with van der Waals surface area (Å²) < 4.78 is 12.3. The molecule has 0 bridgehead atoms. The maximum absolute atomic E-state index is 12.5. The number of nitrogens with zero attached hydrogens (tertiary/aromatic N) is 8. The van der Waals surface area contributed by atoms with Gasteiger partial charge in [0.25, 0.3) is 0 Å². The number of anilines is 2. The lowest BCUT2D eigenvalue weighted by atomic mass is 10.2. The number of rotatable bonds is 4. The molecule has 2 saturated heterocycles. The number of hydrogen-bond donors (Lipinski definition) is 0. The molecule has 11 heteroatoms. The minimum atomic E-state index is -0.478. The van der Waals surface area contributed by atoms with E-state index in [-0.39, 0.29) is 5.69 Å². The smallest absolute Gasteiger partial charge is 0.356 e. The van der Waals surface area contributed by atoms with Crippen molar-refractivity contribution in [2.75, 3.05) is 76.4 Å². The van der Waals surface area contributed by atoms with E-state index in [2.05, 4.69) is 31.7 Å². The van der Waals surface area contributed by atoms with Crippen molar-refractivity contribution in [1.29, 1.82) is 0 Å². The first-order valence-electron chi connectivity index (χ1n) is 10.7. The fraction of sp³-hybridized carbons (Fsp3) is 0.476. The monoisotopic (exact) mass is 438 g/mol. The number of carbonyl (C=O) groups excluding carboxylic acids is 1. The molecule has 168 valence electrons. The van der Waals surface area contributed by atoms with Gasteiger partial charge in [-0.05, 0) is 13.1 Å². The van der Waals surface area contributed by atoms with Crippen molar-refractivity contribution in [3.63, 3.8) is 0 Å². The number of hydrogen-bond acceptors (Lipinski definition) is 10. The lowest BCUT2D eigenvalue weighted by molar-refractivity contribution is 0.0594. The number of ether oxygens (including phenoxy) is 2. The van der Waals surface area contributed by atoms with E-state index in [0.29, 0.717) is 49.1 Å². The number of methoxy groups -OCH3 is 1. The zero-order valence-corrected chi connectivity index (χ0v) is 18.3. The fourth-order valence-electron chi connectivity index (χ4n) is 4.05. The molecule has 2 aliphatic heterocycles. The number of pyridine rings is 1. The predicted molar refractivity (Wildman–Crippen MR) is 119 cm³/mol. The Kier molecular flexibility index (Phi) is 5.58. The Morgan fingerprint density at radius 2 is 1.78 bits per heavy atom. The summed E-state index contributed by atoms with van der Waals surface area (Å²) in [4.78, 5) is 37.7. The van der Waals surface area contributed by atoms with Crippen molar-refractivity contribution < 1.29 is 14.3 Å². The second-order valence-corrected chi connectivity index (χ2v) is 7.92. The summed E-state index contributed by atoms with van der Waals surface area (Å²) in [6, 6.07) is 1.78. The van der Waals surface area contributed by atoms with Gasteiger partial charge in [0.1, 0.15) is 17.4 Å². The molecule has 0 atom stereocenters. The van der Waals surface area contributed by atoms with E-state index >= 15 is 0 Å². The van der Waals surface area contributed by atoms with Crippen LogP contribution in [0.4, 0.5) is 11.5 Å². The second-order valence-electron chi connectivity index (χ2n) is 7.92. The number of likely N-dealkylation sites (N-methyl/N-ethyl adjacent to an activating group) is 1. The van der Waals surface area contributed by atoms with Crippen molar-refractivity contribution in [3.05, 3.63) is 30.5 Å². The fourth-order valence-corrected chi connectivity index (χ4v) is 4.05. The van der Waals surface area contributed by atoms with Crippen LogP contribution in [0.1, 0.15) is 10.5 Å². The molecular weight excluding hydrogens is 412 g/mol. The van der Waals surface area contributed by atoms with Crippen molar-refractivity contribution in [1.82, 2.24) is 29.4 Å². The average molecular weight is 438 g/mol. The Labute approximate surface area is 185 Å². The lowest BCUT2D eigenvalue weighted by Crippen LogP contribution is -2.44. The number of piperazine rings is 1. The van der Waals surface area contributed by atoms with Crippen LogP contribution >= 0.6 is 0 Å². The number of fused-ring (bicyclic) bond motifs is 1.